The normalized spacial score (nSPS) is 17.8. The van der Waals surface area contributed by atoms with E-state index in [0.717, 1.165) is 22.4 Å². The van der Waals surface area contributed by atoms with Crippen LogP contribution in [0.4, 0.5) is 0 Å². The van der Waals surface area contributed by atoms with Gasteiger partial charge in [-0.3, -0.25) is 9.59 Å². The van der Waals surface area contributed by atoms with Gasteiger partial charge in [0.15, 0.2) is 0 Å². The molecule has 0 saturated heterocycles. The molecule has 1 heterocycles. The van der Waals surface area contributed by atoms with E-state index < -0.39 is 5.97 Å². The summed E-state index contributed by atoms with van der Waals surface area (Å²) in [5.74, 6) is -0.491. The Morgan fingerprint density at radius 1 is 1.38 bits per heavy atom. The molecular formula is C16H21NO4. The summed E-state index contributed by atoms with van der Waals surface area (Å²) in [4.78, 5) is 22.9. The quantitative estimate of drug-likeness (QED) is 0.871. The molecule has 1 aliphatic heterocycles. The van der Waals surface area contributed by atoms with E-state index in [-0.39, 0.29) is 24.3 Å². The van der Waals surface area contributed by atoms with E-state index >= 15 is 0 Å². The van der Waals surface area contributed by atoms with Crippen molar-refractivity contribution in [1.29, 1.82) is 0 Å². The maximum absolute atomic E-state index is 12.3. The van der Waals surface area contributed by atoms with Gasteiger partial charge in [0, 0.05) is 18.0 Å². The first-order valence-corrected chi connectivity index (χ1v) is 7.14. The zero-order chi connectivity index (χ0) is 15.6. The number of hydrogen-bond acceptors (Lipinski definition) is 3. The predicted octanol–water partition coefficient (Wildman–Crippen LogP) is 2.15. The molecule has 5 nitrogen and oxygen atoms in total. The van der Waals surface area contributed by atoms with Gasteiger partial charge < -0.3 is 15.2 Å². The van der Waals surface area contributed by atoms with E-state index in [2.05, 4.69) is 5.32 Å². The van der Waals surface area contributed by atoms with Gasteiger partial charge in [-0.2, -0.15) is 0 Å². The third-order valence-electron chi connectivity index (χ3n) is 3.90. The number of carbonyl (C=O) groups is 2. The van der Waals surface area contributed by atoms with E-state index in [1.54, 1.807) is 0 Å². The third-order valence-corrected chi connectivity index (χ3v) is 3.90. The summed E-state index contributed by atoms with van der Waals surface area (Å²) < 4.78 is 5.59. The number of carboxylic acids is 1. The molecule has 114 valence electrons. The Morgan fingerprint density at radius 3 is 2.71 bits per heavy atom. The minimum atomic E-state index is -0.850. The number of ether oxygens (including phenoxy) is 1. The molecule has 0 spiro atoms. The van der Waals surface area contributed by atoms with E-state index in [4.69, 9.17) is 9.84 Å². The first-order valence-electron chi connectivity index (χ1n) is 7.14. The van der Waals surface area contributed by atoms with Crippen LogP contribution in [0.1, 0.15) is 42.4 Å². The van der Waals surface area contributed by atoms with E-state index in [1.165, 1.54) is 0 Å². The fourth-order valence-electron chi connectivity index (χ4n) is 2.44. The SMILES string of the molecule is Cc1cc2c(cc1C)C(C(=O)NC(C)CCC(=O)O)CO2. The summed E-state index contributed by atoms with van der Waals surface area (Å²) >= 11 is 0. The lowest BCUT2D eigenvalue weighted by molar-refractivity contribution is -0.137. The average Bonchev–Trinajstić information content (AvgIpc) is 2.80. The molecule has 2 atom stereocenters. The molecule has 1 aliphatic rings. The number of aliphatic carboxylic acids is 1. The lowest BCUT2D eigenvalue weighted by Gasteiger charge is -2.16. The largest absolute Gasteiger partial charge is 0.492 e. The molecule has 0 aliphatic carbocycles. The number of nitrogens with one attached hydrogen (secondary N) is 1. The lowest BCUT2D eigenvalue weighted by Crippen LogP contribution is -2.37. The van der Waals surface area contributed by atoms with Crippen LogP contribution in [0.3, 0.4) is 0 Å². The number of carboxylic acid groups (broad SMARTS) is 1. The molecule has 1 aromatic rings. The molecule has 5 heteroatoms. The van der Waals surface area contributed by atoms with Crippen LogP contribution in [-0.2, 0) is 9.59 Å². The Kier molecular flexibility index (Phi) is 4.50. The van der Waals surface area contributed by atoms with Gasteiger partial charge in [0.05, 0.1) is 0 Å². The number of aryl methyl sites for hydroxylation is 2. The zero-order valence-corrected chi connectivity index (χ0v) is 12.6. The van der Waals surface area contributed by atoms with E-state index in [9.17, 15) is 9.59 Å². The first-order chi connectivity index (χ1) is 9.88. The van der Waals surface area contributed by atoms with E-state index in [1.807, 2.05) is 32.9 Å². The molecule has 1 aromatic carbocycles. The second-order valence-corrected chi connectivity index (χ2v) is 5.68. The maximum Gasteiger partial charge on any atom is 0.303 e. The van der Waals surface area contributed by atoms with Crippen LogP contribution in [0.15, 0.2) is 12.1 Å². The molecule has 2 N–H and O–H groups in total. The second kappa shape index (κ2) is 6.16. The molecule has 21 heavy (non-hydrogen) atoms. The van der Waals surface area contributed by atoms with Crippen molar-refractivity contribution in [3.05, 3.63) is 28.8 Å². The van der Waals surface area contributed by atoms with Crippen molar-refractivity contribution >= 4 is 11.9 Å². The van der Waals surface area contributed by atoms with Crippen LogP contribution in [0, 0.1) is 13.8 Å². The fourth-order valence-corrected chi connectivity index (χ4v) is 2.44. The highest BCUT2D eigenvalue weighted by Crippen LogP contribution is 2.36. The number of rotatable bonds is 5. The number of benzene rings is 1. The number of carbonyl (C=O) groups excluding carboxylic acids is 1. The monoisotopic (exact) mass is 291 g/mol. The van der Waals surface area contributed by atoms with Crippen LogP contribution in [0.5, 0.6) is 5.75 Å². The van der Waals surface area contributed by atoms with Crippen LogP contribution in [-0.4, -0.2) is 29.6 Å². The predicted molar refractivity (Wildman–Crippen MR) is 78.6 cm³/mol. The smallest absolute Gasteiger partial charge is 0.303 e. The third kappa shape index (κ3) is 3.54. The first kappa shape index (κ1) is 15.4. The van der Waals surface area contributed by atoms with Gasteiger partial charge in [0.1, 0.15) is 18.3 Å². The highest BCUT2D eigenvalue weighted by atomic mass is 16.5. The highest BCUT2D eigenvalue weighted by Gasteiger charge is 2.31. The Labute approximate surface area is 124 Å². The Hall–Kier alpha value is -2.04. The molecular weight excluding hydrogens is 270 g/mol. The Morgan fingerprint density at radius 2 is 2.05 bits per heavy atom. The molecule has 0 aromatic heterocycles. The van der Waals surface area contributed by atoms with Crippen LogP contribution < -0.4 is 10.1 Å². The van der Waals surface area contributed by atoms with Crippen molar-refractivity contribution in [3.63, 3.8) is 0 Å². The average molecular weight is 291 g/mol. The van der Waals surface area contributed by atoms with Crippen molar-refractivity contribution in [2.45, 2.75) is 45.6 Å². The van der Waals surface area contributed by atoms with Crippen LogP contribution in [0.25, 0.3) is 0 Å². The minimum Gasteiger partial charge on any atom is -0.492 e. The van der Waals surface area contributed by atoms with Crippen molar-refractivity contribution < 1.29 is 19.4 Å². The standard InChI is InChI=1S/C16H21NO4/c1-9-6-12-13(8-21-14(12)7-10(9)2)16(20)17-11(3)4-5-15(18)19/h6-7,11,13H,4-5,8H2,1-3H3,(H,17,20)(H,18,19). The number of fused-ring (bicyclic) bond motifs is 1. The van der Waals surface area contributed by atoms with Gasteiger partial charge in [0.25, 0.3) is 0 Å². The summed E-state index contributed by atoms with van der Waals surface area (Å²) in [6.07, 6.45) is 0.478. The number of hydrogen-bond donors (Lipinski definition) is 2. The molecule has 0 bridgehead atoms. The van der Waals surface area contributed by atoms with Crippen molar-refractivity contribution in [1.82, 2.24) is 5.32 Å². The molecule has 2 rings (SSSR count). The number of amides is 1. The van der Waals surface area contributed by atoms with Crippen LogP contribution in [0.2, 0.25) is 0 Å². The zero-order valence-electron chi connectivity index (χ0n) is 12.6. The van der Waals surface area contributed by atoms with Crippen molar-refractivity contribution in [2.24, 2.45) is 0 Å². The van der Waals surface area contributed by atoms with Crippen molar-refractivity contribution in [3.8, 4) is 5.75 Å². The summed E-state index contributed by atoms with van der Waals surface area (Å²) in [6, 6.07) is 3.81. The molecule has 0 saturated carbocycles. The molecule has 1 amide bonds. The molecule has 0 radical (unpaired) electrons. The Balaban J connectivity index is 2.03. The van der Waals surface area contributed by atoms with E-state index in [0.29, 0.717) is 13.0 Å². The Bertz CT molecular complexity index is 568. The summed E-state index contributed by atoms with van der Waals surface area (Å²) in [5, 5.41) is 11.5. The minimum absolute atomic E-state index is 0.0531. The van der Waals surface area contributed by atoms with Gasteiger partial charge in [-0.05, 0) is 44.4 Å². The van der Waals surface area contributed by atoms with Gasteiger partial charge in [-0.25, -0.2) is 0 Å². The van der Waals surface area contributed by atoms with Gasteiger partial charge in [0.2, 0.25) is 5.91 Å². The molecule has 0 fully saturated rings. The van der Waals surface area contributed by atoms with Crippen molar-refractivity contribution in [2.75, 3.05) is 6.61 Å². The summed E-state index contributed by atoms with van der Waals surface area (Å²) in [7, 11) is 0. The van der Waals surface area contributed by atoms with Gasteiger partial charge >= 0.3 is 5.97 Å². The lowest BCUT2D eigenvalue weighted by atomic mass is 9.96. The van der Waals surface area contributed by atoms with Gasteiger partial charge in [-0.15, -0.1) is 0 Å². The molecule has 2 unspecified atom stereocenters. The topological polar surface area (TPSA) is 75.6 Å². The van der Waals surface area contributed by atoms with Crippen LogP contribution >= 0.6 is 0 Å². The second-order valence-electron chi connectivity index (χ2n) is 5.68. The van der Waals surface area contributed by atoms with Gasteiger partial charge in [-0.1, -0.05) is 6.07 Å². The summed E-state index contributed by atoms with van der Waals surface area (Å²) in [5.41, 5.74) is 3.20. The fraction of sp³-hybridized carbons (Fsp3) is 0.500. The highest BCUT2D eigenvalue weighted by molar-refractivity contribution is 5.86. The maximum atomic E-state index is 12.3. The summed E-state index contributed by atoms with van der Waals surface area (Å²) in [6.45, 7) is 6.19.